The molecule has 3 aromatic heterocycles. The van der Waals surface area contributed by atoms with Crippen molar-refractivity contribution in [2.75, 3.05) is 0 Å². The third-order valence-corrected chi connectivity index (χ3v) is 7.30. The molecule has 0 amide bonds. The summed E-state index contributed by atoms with van der Waals surface area (Å²) in [6.07, 6.45) is -4.84. The van der Waals surface area contributed by atoms with Gasteiger partial charge < -0.3 is 9.72 Å². The minimum Gasteiger partial charge on any atom is -0.473 e. The van der Waals surface area contributed by atoms with Crippen molar-refractivity contribution in [3.05, 3.63) is 77.5 Å². The number of benzene rings is 2. The number of pyridine rings is 1. The average Bonchev–Trinajstić information content (AvgIpc) is 3.53. The summed E-state index contributed by atoms with van der Waals surface area (Å²) in [6.45, 7) is 9.47. The van der Waals surface area contributed by atoms with E-state index in [0.717, 1.165) is 6.07 Å². The molecule has 0 radical (unpaired) electrons. The highest BCUT2D eigenvalue weighted by atomic mass is 32.2. The van der Waals surface area contributed by atoms with Gasteiger partial charge in [0, 0.05) is 18.0 Å². The molecule has 0 unspecified atom stereocenters. The van der Waals surface area contributed by atoms with Gasteiger partial charge in [0.1, 0.15) is 22.8 Å². The first-order valence-corrected chi connectivity index (χ1v) is 15.1. The molecule has 10 nitrogen and oxygen atoms in total. The molecule has 2 aromatic carbocycles. The van der Waals surface area contributed by atoms with Gasteiger partial charge in [0.05, 0.1) is 33.5 Å². The third-order valence-electron chi connectivity index (χ3n) is 6.43. The van der Waals surface area contributed by atoms with E-state index in [4.69, 9.17) is 9.29 Å². The van der Waals surface area contributed by atoms with Crippen molar-refractivity contribution in [1.29, 1.82) is 5.26 Å². The Bertz CT molecular complexity index is 1990. The van der Waals surface area contributed by atoms with Gasteiger partial charge in [-0.2, -0.15) is 31.9 Å². The lowest BCUT2D eigenvalue weighted by molar-refractivity contribution is -0.137. The van der Waals surface area contributed by atoms with Gasteiger partial charge in [0.25, 0.3) is 10.1 Å². The van der Waals surface area contributed by atoms with Crippen LogP contribution in [0.15, 0.2) is 65.6 Å². The maximum Gasteiger partial charge on any atom is 0.417 e. The van der Waals surface area contributed by atoms with Crippen LogP contribution in [0.5, 0.6) is 5.88 Å². The molecule has 0 aliphatic heterocycles. The summed E-state index contributed by atoms with van der Waals surface area (Å²) in [5.74, 6) is 0.471. The summed E-state index contributed by atoms with van der Waals surface area (Å²) in [5.41, 5.74) is 1.08. The van der Waals surface area contributed by atoms with Gasteiger partial charge in [-0.25, -0.2) is 9.97 Å². The first-order valence-electron chi connectivity index (χ1n) is 13.7. The van der Waals surface area contributed by atoms with Crippen molar-refractivity contribution in [1.82, 2.24) is 24.7 Å². The average molecular weight is 641 g/mol. The van der Waals surface area contributed by atoms with Crippen LogP contribution in [0.4, 0.5) is 13.2 Å². The van der Waals surface area contributed by atoms with Crippen molar-refractivity contribution >= 4 is 21.2 Å². The van der Waals surface area contributed by atoms with Gasteiger partial charge in [0.15, 0.2) is 5.82 Å². The van der Waals surface area contributed by atoms with Gasteiger partial charge in [-0.05, 0) is 38.1 Å². The Kier molecular flexibility index (Phi) is 9.09. The van der Waals surface area contributed by atoms with E-state index in [-0.39, 0.29) is 33.6 Å². The number of hydrogen-bond donors (Lipinski definition) is 2. The van der Waals surface area contributed by atoms with Gasteiger partial charge in [0.2, 0.25) is 5.88 Å². The molecule has 2 N–H and O–H groups in total. The molecule has 5 rings (SSSR count). The molecule has 5 aromatic rings. The maximum absolute atomic E-state index is 13.7. The van der Waals surface area contributed by atoms with Gasteiger partial charge in [-0.15, -0.1) is 0 Å². The summed E-state index contributed by atoms with van der Waals surface area (Å²) in [7, 11) is -2.29. The smallest absolute Gasteiger partial charge is 0.417 e. The second kappa shape index (κ2) is 12.3. The topological polar surface area (TPSA) is 147 Å². The number of H-pyrrole nitrogens is 1. The lowest BCUT2D eigenvalue weighted by Gasteiger charge is -2.15. The summed E-state index contributed by atoms with van der Waals surface area (Å²) in [4.78, 5) is 12.1. The Morgan fingerprint density at radius 3 is 2.18 bits per heavy atom. The van der Waals surface area contributed by atoms with Gasteiger partial charge >= 0.3 is 6.18 Å². The number of aromatic nitrogens is 5. The molecule has 0 saturated heterocycles. The molecule has 0 aliphatic carbocycles. The van der Waals surface area contributed by atoms with Crippen molar-refractivity contribution in [2.24, 2.45) is 7.05 Å². The Morgan fingerprint density at radius 1 is 1.02 bits per heavy atom. The van der Waals surface area contributed by atoms with Crippen molar-refractivity contribution in [3.8, 4) is 34.7 Å². The SMILES string of the molecule is CC(C)Oc1nc(-c2ccccc2C(F)(F)F)cc2nc(-c3c(C#N)c(C(C)(C)C)nn3C)[nH]c12.O=S(=O)(O)c1ccccc1. The fourth-order valence-corrected chi connectivity index (χ4v) is 5.01. The monoisotopic (exact) mass is 640 g/mol. The van der Waals surface area contributed by atoms with Crippen molar-refractivity contribution in [3.63, 3.8) is 0 Å². The van der Waals surface area contributed by atoms with Crippen LogP contribution in [0.25, 0.3) is 33.8 Å². The number of hydrogen-bond acceptors (Lipinski definition) is 7. The van der Waals surface area contributed by atoms with Crippen LogP contribution in [0.3, 0.4) is 0 Å². The molecule has 45 heavy (non-hydrogen) atoms. The second-order valence-corrected chi connectivity index (χ2v) is 12.8. The minimum absolute atomic E-state index is 0.0741. The molecule has 3 heterocycles. The zero-order valence-corrected chi connectivity index (χ0v) is 26.1. The van der Waals surface area contributed by atoms with E-state index in [9.17, 15) is 26.9 Å². The third kappa shape index (κ3) is 7.33. The zero-order valence-electron chi connectivity index (χ0n) is 25.3. The van der Waals surface area contributed by atoms with E-state index in [1.54, 1.807) is 43.8 Å². The lowest BCUT2D eigenvalue weighted by Crippen LogP contribution is -2.14. The molecule has 0 fully saturated rings. The van der Waals surface area contributed by atoms with Crippen LogP contribution < -0.4 is 4.74 Å². The summed E-state index contributed by atoms with van der Waals surface area (Å²) >= 11 is 0. The summed E-state index contributed by atoms with van der Waals surface area (Å²) in [5, 5.41) is 14.4. The number of halogens is 3. The molecule has 0 bridgehead atoms. The number of nitrogens with zero attached hydrogens (tertiary/aromatic N) is 5. The molecule has 0 atom stereocenters. The predicted octanol–water partition coefficient (Wildman–Crippen LogP) is 6.93. The number of alkyl halides is 3. The van der Waals surface area contributed by atoms with Gasteiger partial charge in [-0.1, -0.05) is 57.2 Å². The molecule has 14 heteroatoms. The summed E-state index contributed by atoms with van der Waals surface area (Å²) in [6, 6.07) is 16.4. The number of nitrogens with one attached hydrogen (secondary N) is 1. The minimum atomic E-state index is -4.55. The summed E-state index contributed by atoms with van der Waals surface area (Å²) < 4.78 is 77.7. The molecule has 0 saturated carbocycles. The van der Waals surface area contributed by atoms with E-state index in [1.165, 1.54) is 36.4 Å². The number of fused-ring (bicyclic) bond motifs is 1. The highest BCUT2D eigenvalue weighted by molar-refractivity contribution is 7.85. The molecular formula is C31H31F3N6O4S. The predicted molar refractivity (Wildman–Crippen MR) is 162 cm³/mol. The van der Waals surface area contributed by atoms with Crippen molar-refractivity contribution < 1.29 is 30.9 Å². The van der Waals surface area contributed by atoms with E-state index < -0.39 is 21.9 Å². The van der Waals surface area contributed by atoms with Crippen LogP contribution in [0.2, 0.25) is 0 Å². The van der Waals surface area contributed by atoms with Crippen LogP contribution in [-0.2, 0) is 28.8 Å². The number of imidazole rings is 1. The van der Waals surface area contributed by atoms with Crippen LogP contribution in [0.1, 0.15) is 51.4 Å². The van der Waals surface area contributed by atoms with E-state index >= 15 is 0 Å². The van der Waals surface area contributed by atoms with E-state index in [0.29, 0.717) is 33.8 Å². The zero-order chi connectivity index (χ0) is 33.3. The highest BCUT2D eigenvalue weighted by Crippen LogP contribution is 2.39. The van der Waals surface area contributed by atoms with Crippen LogP contribution in [-0.4, -0.2) is 43.8 Å². The largest absolute Gasteiger partial charge is 0.473 e. The lowest BCUT2D eigenvalue weighted by atomic mass is 9.89. The first-order chi connectivity index (χ1) is 20.9. The molecule has 0 aliphatic rings. The number of ether oxygens (including phenoxy) is 1. The number of aromatic amines is 1. The second-order valence-electron chi connectivity index (χ2n) is 11.3. The Balaban J connectivity index is 0.000000392. The number of aryl methyl sites for hydroxylation is 1. The highest BCUT2D eigenvalue weighted by Gasteiger charge is 2.34. The number of rotatable bonds is 5. The van der Waals surface area contributed by atoms with Crippen LogP contribution in [0, 0.1) is 11.3 Å². The Hall–Kier alpha value is -4.74. The quantitative estimate of drug-likeness (QED) is 0.197. The Labute approximate surface area is 258 Å². The van der Waals surface area contributed by atoms with Gasteiger partial charge in [-0.3, -0.25) is 9.23 Å². The fourth-order valence-electron chi connectivity index (χ4n) is 4.51. The first kappa shape index (κ1) is 33.2. The normalized spacial score (nSPS) is 12.1. The standard InChI is InChI=1S/C25H25F3N6O.C6H6O3S/c1-13(2)35-23-19-18(11-17(31-23)14-9-7-8-10-16(14)25(26,27)28)30-22(32-19)20-15(12-29)21(24(3,4)5)33-34(20)6;7-10(8,9)6-4-2-1-3-5-6/h7-11,13H,1-6H3,(H,30,32);1-5H,(H,7,8,9). The van der Waals surface area contributed by atoms with Crippen LogP contribution >= 0.6 is 0 Å². The van der Waals surface area contributed by atoms with E-state index in [2.05, 4.69) is 26.1 Å². The van der Waals surface area contributed by atoms with E-state index in [1.807, 2.05) is 20.8 Å². The molecular weight excluding hydrogens is 609 g/mol. The number of nitriles is 1. The molecule has 236 valence electrons. The fraction of sp³-hybridized carbons (Fsp3) is 0.290. The maximum atomic E-state index is 13.7. The Morgan fingerprint density at radius 2 is 1.64 bits per heavy atom. The van der Waals surface area contributed by atoms with Crippen molar-refractivity contribution in [2.45, 2.75) is 57.2 Å². The molecule has 0 spiro atoms.